The molecule has 1 saturated heterocycles. The molecule has 0 radical (unpaired) electrons. The van der Waals surface area contributed by atoms with Crippen molar-refractivity contribution in [3.8, 4) is 0 Å². The zero-order valence-corrected chi connectivity index (χ0v) is 11.1. The fourth-order valence-electron chi connectivity index (χ4n) is 1.93. The molecule has 6 heteroatoms. The summed E-state index contributed by atoms with van der Waals surface area (Å²) in [6, 6.07) is 0. The number of carbonyl (C=O) groups is 1. The van der Waals surface area contributed by atoms with E-state index in [9.17, 15) is 4.79 Å². The summed E-state index contributed by atoms with van der Waals surface area (Å²) in [4.78, 5) is 14.0. The second kappa shape index (κ2) is 5.55. The van der Waals surface area contributed by atoms with Crippen LogP contribution in [0.1, 0.15) is 24.8 Å². The molecule has 0 saturated carbocycles. The van der Waals surface area contributed by atoms with E-state index in [4.69, 9.17) is 0 Å². The smallest absolute Gasteiger partial charge is 0.240 e. The van der Waals surface area contributed by atoms with Gasteiger partial charge in [-0.15, -0.1) is 10.2 Å². The fraction of sp³-hybridized carbons (Fsp3) is 0.727. The summed E-state index contributed by atoms with van der Waals surface area (Å²) in [5, 5.41) is 12.0. The molecule has 0 aliphatic carbocycles. The zero-order chi connectivity index (χ0) is 12.3. The van der Waals surface area contributed by atoms with Gasteiger partial charge in [-0.2, -0.15) is 0 Å². The van der Waals surface area contributed by atoms with Crippen molar-refractivity contribution in [1.29, 1.82) is 0 Å². The highest BCUT2D eigenvalue weighted by atomic mass is 32.1. The minimum Gasteiger partial charge on any atom is -0.299 e. The van der Waals surface area contributed by atoms with Crippen molar-refractivity contribution in [1.82, 2.24) is 15.1 Å². The van der Waals surface area contributed by atoms with Crippen molar-refractivity contribution in [2.75, 3.05) is 25.0 Å². The van der Waals surface area contributed by atoms with Crippen molar-refractivity contribution in [3.05, 3.63) is 5.01 Å². The molecule has 1 amide bonds. The molecule has 0 unspecified atom stereocenters. The molecule has 0 bridgehead atoms. The minimum absolute atomic E-state index is 0.00991. The Bertz CT molecular complexity index is 385. The monoisotopic (exact) mass is 254 g/mol. The zero-order valence-electron chi connectivity index (χ0n) is 10.3. The Balaban J connectivity index is 1.77. The first-order valence-electron chi connectivity index (χ1n) is 5.96. The molecular formula is C11H18N4OS. The number of hydrogen-bond acceptors (Lipinski definition) is 5. The van der Waals surface area contributed by atoms with Crippen LogP contribution in [-0.4, -0.2) is 40.6 Å². The molecule has 0 aromatic carbocycles. The van der Waals surface area contributed by atoms with Crippen molar-refractivity contribution >= 4 is 22.4 Å². The lowest BCUT2D eigenvalue weighted by molar-refractivity contribution is -0.117. The van der Waals surface area contributed by atoms with Gasteiger partial charge in [-0.25, -0.2) is 0 Å². The van der Waals surface area contributed by atoms with Crippen LogP contribution in [0.4, 0.5) is 5.13 Å². The third kappa shape index (κ3) is 3.74. The number of nitrogens with one attached hydrogen (secondary N) is 1. The van der Waals surface area contributed by atoms with Gasteiger partial charge >= 0.3 is 0 Å². The lowest BCUT2D eigenvalue weighted by Gasteiger charge is -2.29. The summed E-state index contributed by atoms with van der Waals surface area (Å²) in [5.74, 6) is 0.802. The Labute approximate surface area is 105 Å². The molecule has 94 valence electrons. The SMILES string of the molecule is Cc1nnc(NC(=O)CN2CCC(C)CC2)s1. The highest BCUT2D eigenvalue weighted by Crippen LogP contribution is 2.16. The molecule has 0 atom stereocenters. The first kappa shape index (κ1) is 12.4. The van der Waals surface area contributed by atoms with E-state index in [1.54, 1.807) is 0 Å². The van der Waals surface area contributed by atoms with Crippen LogP contribution in [0.25, 0.3) is 0 Å². The molecular weight excluding hydrogens is 236 g/mol. The molecule has 1 aliphatic rings. The predicted molar refractivity (Wildman–Crippen MR) is 68.1 cm³/mol. The fourth-order valence-corrected chi connectivity index (χ4v) is 2.54. The van der Waals surface area contributed by atoms with Gasteiger partial charge in [0.1, 0.15) is 5.01 Å². The van der Waals surface area contributed by atoms with E-state index in [0.29, 0.717) is 11.7 Å². The molecule has 17 heavy (non-hydrogen) atoms. The predicted octanol–water partition coefficient (Wildman–Crippen LogP) is 1.52. The number of anilines is 1. The highest BCUT2D eigenvalue weighted by Gasteiger charge is 2.18. The van der Waals surface area contributed by atoms with Crippen LogP contribution in [0.2, 0.25) is 0 Å². The number of amides is 1. The molecule has 1 fully saturated rings. The topological polar surface area (TPSA) is 58.1 Å². The second-order valence-electron chi connectivity index (χ2n) is 4.63. The third-order valence-corrected chi connectivity index (χ3v) is 3.77. The van der Waals surface area contributed by atoms with Gasteiger partial charge in [0.15, 0.2) is 0 Å². The highest BCUT2D eigenvalue weighted by molar-refractivity contribution is 7.15. The van der Waals surface area contributed by atoms with Crippen LogP contribution >= 0.6 is 11.3 Å². The minimum atomic E-state index is 0.00991. The summed E-state index contributed by atoms with van der Waals surface area (Å²) in [6.07, 6.45) is 2.37. The number of hydrogen-bond donors (Lipinski definition) is 1. The average Bonchev–Trinajstić information content (AvgIpc) is 2.67. The van der Waals surface area contributed by atoms with Crippen molar-refractivity contribution in [2.45, 2.75) is 26.7 Å². The molecule has 1 N–H and O–H groups in total. The van der Waals surface area contributed by atoms with E-state index in [2.05, 4.69) is 27.3 Å². The maximum Gasteiger partial charge on any atom is 0.240 e. The van der Waals surface area contributed by atoms with Crippen LogP contribution in [0.5, 0.6) is 0 Å². The number of nitrogens with zero attached hydrogens (tertiary/aromatic N) is 3. The van der Waals surface area contributed by atoms with Crippen LogP contribution in [0.3, 0.4) is 0 Å². The average molecular weight is 254 g/mol. The standard InChI is InChI=1S/C11H18N4OS/c1-8-3-5-15(6-4-8)7-10(16)12-11-14-13-9(2)17-11/h8H,3-7H2,1-2H3,(H,12,14,16). The van der Waals surface area contributed by atoms with E-state index in [1.807, 2.05) is 6.92 Å². The van der Waals surface area contributed by atoms with Crippen molar-refractivity contribution in [3.63, 3.8) is 0 Å². The number of aryl methyl sites for hydroxylation is 1. The Morgan fingerprint density at radius 3 is 2.76 bits per heavy atom. The van der Waals surface area contributed by atoms with Gasteiger partial charge < -0.3 is 0 Å². The molecule has 1 aromatic heterocycles. The first-order valence-corrected chi connectivity index (χ1v) is 6.77. The molecule has 1 aliphatic heterocycles. The second-order valence-corrected chi connectivity index (χ2v) is 5.81. The molecule has 1 aromatic rings. The van der Waals surface area contributed by atoms with Crippen LogP contribution in [0.15, 0.2) is 0 Å². The Morgan fingerprint density at radius 2 is 2.18 bits per heavy atom. The van der Waals surface area contributed by atoms with Gasteiger partial charge in [0.2, 0.25) is 11.0 Å². The number of likely N-dealkylation sites (tertiary alicyclic amines) is 1. The van der Waals surface area contributed by atoms with Crippen LogP contribution in [-0.2, 0) is 4.79 Å². The Kier molecular flexibility index (Phi) is 4.06. The summed E-state index contributed by atoms with van der Waals surface area (Å²) in [6.45, 7) is 6.64. The summed E-state index contributed by atoms with van der Waals surface area (Å²) in [5.41, 5.74) is 0. The normalized spacial score (nSPS) is 18.2. The van der Waals surface area contributed by atoms with Gasteiger partial charge in [0.05, 0.1) is 6.54 Å². The maximum atomic E-state index is 11.8. The van der Waals surface area contributed by atoms with Gasteiger partial charge in [-0.1, -0.05) is 18.3 Å². The third-order valence-electron chi connectivity index (χ3n) is 3.02. The quantitative estimate of drug-likeness (QED) is 0.888. The van der Waals surface area contributed by atoms with Crippen molar-refractivity contribution < 1.29 is 4.79 Å². The van der Waals surface area contributed by atoms with Crippen molar-refractivity contribution in [2.24, 2.45) is 5.92 Å². The Hall–Kier alpha value is -1.01. The van der Waals surface area contributed by atoms with Crippen LogP contribution in [0, 0.1) is 12.8 Å². The molecule has 2 heterocycles. The van der Waals surface area contributed by atoms with E-state index in [1.165, 1.54) is 24.2 Å². The van der Waals surface area contributed by atoms with Gasteiger partial charge in [0.25, 0.3) is 0 Å². The van der Waals surface area contributed by atoms with E-state index >= 15 is 0 Å². The number of rotatable bonds is 3. The summed E-state index contributed by atoms with van der Waals surface area (Å²) >= 11 is 1.41. The molecule has 2 rings (SSSR count). The van der Waals surface area contributed by atoms with Gasteiger partial charge in [-0.3, -0.25) is 15.0 Å². The van der Waals surface area contributed by atoms with E-state index in [-0.39, 0.29) is 5.91 Å². The molecule has 5 nitrogen and oxygen atoms in total. The maximum absolute atomic E-state index is 11.8. The van der Waals surface area contributed by atoms with E-state index < -0.39 is 0 Å². The number of aromatic nitrogens is 2. The molecule has 0 spiro atoms. The lowest BCUT2D eigenvalue weighted by Crippen LogP contribution is -2.38. The number of carbonyl (C=O) groups excluding carboxylic acids is 1. The lowest BCUT2D eigenvalue weighted by atomic mass is 9.99. The number of piperidine rings is 1. The van der Waals surface area contributed by atoms with Gasteiger partial charge in [0, 0.05) is 0 Å². The van der Waals surface area contributed by atoms with E-state index in [0.717, 1.165) is 24.0 Å². The largest absolute Gasteiger partial charge is 0.299 e. The van der Waals surface area contributed by atoms with Crippen LogP contribution < -0.4 is 5.32 Å². The summed E-state index contributed by atoms with van der Waals surface area (Å²) < 4.78 is 0. The Morgan fingerprint density at radius 1 is 1.47 bits per heavy atom. The van der Waals surface area contributed by atoms with Gasteiger partial charge in [-0.05, 0) is 38.8 Å². The first-order chi connectivity index (χ1) is 8.13. The summed E-state index contributed by atoms with van der Waals surface area (Å²) in [7, 11) is 0.